The molecule has 2 heterocycles. The van der Waals surface area contributed by atoms with Crippen molar-refractivity contribution in [3.8, 4) is 44.5 Å². The zero-order valence-electron chi connectivity index (χ0n) is 34.6. The van der Waals surface area contributed by atoms with Crippen LogP contribution in [0.15, 0.2) is 227 Å². The second-order valence-corrected chi connectivity index (χ2v) is 17.0. The van der Waals surface area contributed by atoms with Crippen LogP contribution in [0, 0.1) is 0 Å². The van der Waals surface area contributed by atoms with Gasteiger partial charge >= 0.3 is 0 Å². The normalized spacial score (nSPS) is 12.1. The van der Waals surface area contributed by atoms with E-state index in [9.17, 15) is 0 Å². The highest BCUT2D eigenvalue weighted by molar-refractivity contribution is 6.28. The van der Waals surface area contributed by atoms with Crippen molar-refractivity contribution < 1.29 is 8.83 Å². The molecule has 12 aromatic carbocycles. The van der Waals surface area contributed by atoms with Crippen molar-refractivity contribution >= 4 is 97.7 Å². The number of hydrogen-bond acceptors (Lipinski definition) is 2. The molecular formula is C62H36O2. The number of fused-ring (bicyclic) bond motifs is 14. The summed E-state index contributed by atoms with van der Waals surface area (Å²) in [5.41, 5.74) is 12.6. The van der Waals surface area contributed by atoms with E-state index >= 15 is 0 Å². The number of hydrogen-bond donors (Lipinski definition) is 0. The van der Waals surface area contributed by atoms with Crippen LogP contribution in [0.3, 0.4) is 0 Å². The highest BCUT2D eigenvalue weighted by Crippen LogP contribution is 2.52. The number of para-hydroxylation sites is 4. The predicted molar refractivity (Wildman–Crippen MR) is 270 cm³/mol. The number of rotatable bonds is 4. The van der Waals surface area contributed by atoms with E-state index < -0.39 is 0 Å². The van der Waals surface area contributed by atoms with Gasteiger partial charge < -0.3 is 8.83 Å². The van der Waals surface area contributed by atoms with Gasteiger partial charge in [-0.3, -0.25) is 0 Å². The number of furan rings is 2. The molecule has 0 aliphatic carbocycles. The largest absolute Gasteiger partial charge is 0.455 e. The van der Waals surface area contributed by atoms with Crippen molar-refractivity contribution in [3.05, 3.63) is 218 Å². The maximum atomic E-state index is 6.81. The van der Waals surface area contributed by atoms with Crippen LogP contribution in [0.2, 0.25) is 0 Å². The Morgan fingerprint density at radius 1 is 0.203 bits per heavy atom. The molecule has 0 N–H and O–H groups in total. The minimum Gasteiger partial charge on any atom is -0.455 e. The molecule has 0 spiro atoms. The molecule has 0 bridgehead atoms. The summed E-state index contributed by atoms with van der Waals surface area (Å²) in [6.45, 7) is 0. The lowest BCUT2D eigenvalue weighted by Gasteiger charge is -2.22. The first-order valence-electron chi connectivity index (χ1n) is 22.0. The topological polar surface area (TPSA) is 26.3 Å². The summed E-state index contributed by atoms with van der Waals surface area (Å²) < 4.78 is 13.6. The molecule has 0 atom stereocenters. The highest BCUT2D eigenvalue weighted by Gasteiger charge is 2.25. The molecule has 0 unspecified atom stereocenters. The van der Waals surface area contributed by atoms with E-state index in [4.69, 9.17) is 8.83 Å². The zero-order chi connectivity index (χ0) is 41.9. The molecule has 0 aliphatic heterocycles. The molecule has 2 aromatic heterocycles. The Bertz CT molecular complexity index is 4030. The van der Waals surface area contributed by atoms with E-state index in [2.05, 4.69) is 206 Å². The van der Waals surface area contributed by atoms with Crippen LogP contribution in [-0.2, 0) is 0 Å². The molecule has 296 valence electrons. The first-order valence-corrected chi connectivity index (χ1v) is 22.0. The SMILES string of the molecule is c1cc(-c2cccc3c2oc2ccccc23)c(-c2c3ccccc3c(-c3ccc4c5ccccc5c5ccccc5c4c3)c3ccccc23)c(-c2cccc3c2oc2ccccc23)c1. The second kappa shape index (κ2) is 13.5. The van der Waals surface area contributed by atoms with Crippen molar-refractivity contribution in [1.29, 1.82) is 0 Å². The summed E-state index contributed by atoms with van der Waals surface area (Å²) in [6.07, 6.45) is 0. The molecular weight excluding hydrogens is 777 g/mol. The molecule has 14 rings (SSSR count). The monoisotopic (exact) mass is 812 g/mol. The molecule has 0 fully saturated rings. The van der Waals surface area contributed by atoms with Crippen LogP contribution in [0.4, 0.5) is 0 Å². The van der Waals surface area contributed by atoms with Gasteiger partial charge in [-0.15, -0.1) is 0 Å². The Kier molecular flexibility index (Phi) is 7.43. The van der Waals surface area contributed by atoms with Gasteiger partial charge in [-0.05, 0) is 105 Å². The first kappa shape index (κ1) is 35.2. The van der Waals surface area contributed by atoms with E-state index in [1.807, 2.05) is 12.1 Å². The van der Waals surface area contributed by atoms with Crippen LogP contribution in [0.25, 0.3) is 142 Å². The molecule has 2 heteroatoms. The van der Waals surface area contributed by atoms with Crippen molar-refractivity contribution in [2.75, 3.05) is 0 Å². The van der Waals surface area contributed by atoms with Crippen LogP contribution in [-0.4, -0.2) is 0 Å². The van der Waals surface area contributed by atoms with E-state index in [1.54, 1.807) is 0 Å². The average Bonchev–Trinajstić information content (AvgIpc) is 3.94. The first-order chi connectivity index (χ1) is 31.8. The molecule has 0 saturated carbocycles. The average molecular weight is 813 g/mol. The van der Waals surface area contributed by atoms with Crippen molar-refractivity contribution in [2.45, 2.75) is 0 Å². The van der Waals surface area contributed by atoms with Gasteiger partial charge in [0.1, 0.15) is 22.3 Å². The van der Waals surface area contributed by atoms with Crippen LogP contribution in [0.5, 0.6) is 0 Å². The summed E-state index contributed by atoms with van der Waals surface area (Å²) in [6, 6.07) is 79.3. The van der Waals surface area contributed by atoms with Crippen molar-refractivity contribution in [1.82, 2.24) is 0 Å². The van der Waals surface area contributed by atoms with Crippen molar-refractivity contribution in [2.24, 2.45) is 0 Å². The molecule has 64 heavy (non-hydrogen) atoms. The lowest BCUT2D eigenvalue weighted by molar-refractivity contribution is 0.670. The van der Waals surface area contributed by atoms with Gasteiger partial charge in [-0.2, -0.15) is 0 Å². The summed E-state index contributed by atoms with van der Waals surface area (Å²) in [4.78, 5) is 0. The third-order valence-electron chi connectivity index (χ3n) is 13.7. The smallest absolute Gasteiger partial charge is 0.143 e. The second-order valence-electron chi connectivity index (χ2n) is 17.0. The fourth-order valence-corrected chi connectivity index (χ4v) is 11.0. The summed E-state index contributed by atoms with van der Waals surface area (Å²) in [5, 5.41) is 16.8. The third kappa shape index (κ3) is 4.96. The van der Waals surface area contributed by atoms with E-state index in [0.29, 0.717) is 0 Å². The van der Waals surface area contributed by atoms with E-state index in [1.165, 1.54) is 70.6 Å². The predicted octanol–water partition coefficient (Wildman–Crippen LogP) is 17.9. The maximum Gasteiger partial charge on any atom is 0.143 e. The molecule has 14 aromatic rings. The van der Waals surface area contributed by atoms with Gasteiger partial charge in [0.15, 0.2) is 0 Å². The molecule has 2 nitrogen and oxygen atoms in total. The quantitative estimate of drug-likeness (QED) is 0.131. The van der Waals surface area contributed by atoms with E-state index in [0.717, 1.165) is 71.7 Å². The lowest BCUT2D eigenvalue weighted by Crippen LogP contribution is -1.96. The molecule has 0 amide bonds. The highest BCUT2D eigenvalue weighted by atomic mass is 16.3. The summed E-state index contributed by atoms with van der Waals surface area (Å²) in [5.74, 6) is 0. The van der Waals surface area contributed by atoms with Crippen LogP contribution >= 0.6 is 0 Å². The van der Waals surface area contributed by atoms with Gasteiger partial charge in [-0.25, -0.2) is 0 Å². The Morgan fingerprint density at radius 3 is 1.03 bits per heavy atom. The Labute approximate surface area is 367 Å². The van der Waals surface area contributed by atoms with Gasteiger partial charge in [0.25, 0.3) is 0 Å². The maximum absolute atomic E-state index is 6.81. The number of benzene rings is 12. The van der Waals surface area contributed by atoms with Crippen LogP contribution < -0.4 is 0 Å². The summed E-state index contributed by atoms with van der Waals surface area (Å²) in [7, 11) is 0. The Morgan fingerprint density at radius 2 is 0.547 bits per heavy atom. The molecule has 0 aliphatic rings. The lowest BCUT2D eigenvalue weighted by atomic mass is 9.80. The fourth-order valence-electron chi connectivity index (χ4n) is 11.0. The minimum atomic E-state index is 0.880. The van der Waals surface area contributed by atoms with E-state index in [-0.39, 0.29) is 0 Å². The van der Waals surface area contributed by atoms with Gasteiger partial charge in [0.2, 0.25) is 0 Å². The van der Waals surface area contributed by atoms with Crippen LogP contribution in [0.1, 0.15) is 0 Å². The Balaban J connectivity index is 1.12. The van der Waals surface area contributed by atoms with Crippen molar-refractivity contribution in [3.63, 3.8) is 0 Å². The van der Waals surface area contributed by atoms with Gasteiger partial charge in [0, 0.05) is 32.7 Å². The molecule has 0 radical (unpaired) electrons. The third-order valence-corrected chi connectivity index (χ3v) is 13.7. The minimum absolute atomic E-state index is 0.880. The Hall–Kier alpha value is -8.46. The van der Waals surface area contributed by atoms with Gasteiger partial charge in [0.05, 0.1) is 0 Å². The standard InChI is InChI=1S/C62H36O2/c1-2-18-40-38(16-1)39-17-3-4-19-41(39)55-36-37(34-35-42(40)55)58-45-22-5-7-24-47(45)59(48-25-8-6-23-46(48)58)60-49(53-30-14-28-51-43-20-9-11-32-56(43)63-61(51)53)26-13-27-50(60)54-31-15-29-52-44-21-10-12-33-57(44)64-62(52)54/h1-36H. The zero-order valence-corrected chi connectivity index (χ0v) is 34.6. The summed E-state index contributed by atoms with van der Waals surface area (Å²) >= 11 is 0. The van der Waals surface area contributed by atoms with Gasteiger partial charge in [-0.1, -0.05) is 200 Å². The molecule has 0 saturated heterocycles. The fraction of sp³-hybridized carbons (Fsp3) is 0.